The lowest BCUT2D eigenvalue weighted by Gasteiger charge is -2.33. The topological polar surface area (TPSA) is 148 Å². The van der Waals surface area contributed by atoms with Crippen molar-refractivity contribution in [3.05, 3.63) is 70.4 Å². The normalized spacial score (nSPS) is 14.2. The van der Waals surface area contributed by atoms with Crippen LogP contribution < -0.4 is 16.4 Å². The van der Waals surface area contributed by atoms with Gasteiger partial charge in [-0.05, 0) is 84.7 Å². The molecule has 1 aromatic heterocycles. The molecule has 11 nitrogen and oxygen atoms in total. The van der Waals surface area contributed by atoms with Gasteiger partial charge >= 0.3 is 12.2 Å². The molecule has 1 fully saturated rings. The number of piperidine rings is 1. The maximum absolute atomic E-state index is 13.4. The number of nitrogen functional groups attached to an aromatic ring is 1. The average molecular weight is 647 g/mol. The Morgan fingerprint density at radius 2 is 1.70 bits per heavy atom. The lowest BCUT2D eigenvalue weighted by Crippen LogP contribution is -2.51. The third-order valence-corrected chi connectivity index (χ3v) is 6.90. The molecule has 242 valence electrons. The molecular formula is C34H39ClN6O5. The van der Waals surface area contributed by atoms with Crippen LogP contribution in [0.4, 0.5) is 15.4 Å². The van der Waals surface area contributed by atoms with E-state index in [4.69, 9.17) is 26.8 Å². The van der Waals surface area contributed by atoms with Crippen molar-refractivity contribution >= 4 is 52.2 Å². The Hall–Kier alpha value is -4.82. The van der Waals surface area contributed by atoms with E-state index in [0.717, 1.165) is 10.8 Å². The van der Waals surface area contributed by atoms with Gasteiger partial charge in [-0.2, -0.15) is 0 Å². The molecule has 2 aromatic carbocycles. The third-order valence-electron chi connectivity index (χ3n) is 6.66. The number of halogens is 1. The van der Waals surface area contributed by atoms with Crippen LogP contribution in [0.25, 0.3) is 10.8 Å². The summed E-state index contributed by atoms with van der Waals surface area (Å²) >= 11 is 6.20. The molecule has 3 aromatic rings. The summed E-state index contributed by atoms with van der Waals surface area (Å²) in [5, 5.41) is 7.86. The summed E-state index contributed by atoms with van der Waals surface area (Å²) in [6.45, 7) is 11.2. The molecule has 4 rings (SSSR count). The molecule has 0 radical (unpaired) electrons. The average Bonchev–Trinajstić information content (AvgIpc) is 2.94. The predicted molar refractivity (Wildman–Crippen MR) is 179 cm³/mol. The molecule has 0 aliphatic carbocycles. The SMILES string of the molecule is CC(C)(C)OC(=O)/N=C(\NC(=O)OC(C)(C)C)NC1CCN(C(=O)c2cccc(C#Cc3c(N)ncc4ccc(Cl)cc34)c2)CC1. The number of hydrogen-bond acceptors (Lipinski definition) is 7. The van der Waals surface area contributed by atoms with Crippen LogP contribution in [0.5, 0.6) is 0 Å². The van der Waals surface area contributed by atoms with Crippen molar-refractivity contribution in [2.24, 2.45) is 4.99 Å². The Kier molecular flexibility index (Phi) is 10.4. The predicted octanol–water partition coefficient (Wildman–Crippen LogP) is 5.88. The van der Waals surface area contributed by atoms with Gasteiger partial charge < -0.3 is 25.4 Å². The van der Waals surface area contributed by atoms with E-state index in [1.165, 1.54) is 0 Å². The smallest absolute Gasteiger partial charge is 0.437 e. The van der Waals surface area contributed by atoms with E-state index in [-0.39, 0.29) is 17.9 Å². The van der Waals surface area contributed by atoms with Crippen LogP contribution in [0.1, 0.15) is 75.9 Å². The number of pyridine rings is 1. The molecule has 4 N–H and O–H groups in total. The highest BCUT2D eigenvalue weighted by Gasteiger charge is 2.26. The van der Waals surface area contributed by atoms with Crippen LogP contribution in [0.2, 0.25) is 5.02 Å². The lowest BCUT2D eigenvalue weighted by atomic mass is 10.0. The van der Waals surface area contributed by atoms with Crippen molar-refractivity contribution in [3.63, 3.8) is 0 Å². The number of carbonyl (C=O) groups is 3. The summed E-state index contributed by atoms with van der Waals surface area (Å²) in [5.74, 6) is 6.31. The first-order chi connectivity index (χ1) is 21.6. The molecule has 0 spiro atoms. The number of nitrogens with one attached hydrogen (secondary N) is 2. The number of fused-ring (bicyclic) bond motifs is 1. The van der Waals surface area contributed by atoms with Crippen molar-refractivity contribution in [3.8, 4) is 11.8 Å². The first-order valence-electron chi connectivity index (χ1n) is 14.9. The monoisotopic (exact) mass is 646 g/mol. The van der Waals surface area contributed by atoms with Gasteiger partial charge in [-0.15, -0.1) is 4.99 Å². The van der Waals surface area contributed by atoms with Gasteiger partial charge in [-0.1, -0.05) is 35.6 Å². The highest BCUT2D eigenvalue weighted by Crippen LogP contribution is 2.25. The number of rotatable bonds is 2. The Bertz CT molecular complexity index is 1720. The fraction of sp³-hybridized carbons (Fsp3) is 0.382. The summed E-state index contributed by atoms with van der Waals surface area (Å²) < 4.78 is 10.6. The van der Waals surface area contributed by atoms with E-state index in [0.29, 0.717) is 53.5 Å². The summed E-state index contributed by atoms with van der Waals surface area (Å²) in [6.07, 6.45) is 1.15. The number of nitrogens with two attached hydrogens (primary N) is 1. The summed E-state index contributed by atoms with van der Waals surface area (Å²) in [7, 11) is 0. The molecule has 12 heteroatoms. The van der Waals surface area contributed by atoms with E-state index < -0.39 is 23.4 Å². The number of nitrogens with zero attached hydrogens (tertiary/aromatic N) is 3. The zero-order chi connectivity index (χ0) is 33.6. The second kappa shape index (κ2) is 14.1. The van der Waals surface area contributed by atoms with Gasteiger partial charge in [0.15, 0.2) is 0 Å². The van der Waals surface area contributed by atoms with E-state index in [1.807, 2.05) is 12.1 Å². The number of aromatic nitrogens is 1. The van der Waals surface area contributed by atoms with Gasteiger partial charge in [0.1, 0.15) is 17.0 Å². The molecule has 0 atom stereocenters. The number of ether oxygens (including phenoxy) is 2. The van der Waals surface area contributed by atoms with E-state index >= 15 is 0 Å². The maximum Gasteiger partial charge on any atom is 0.437 e. The first kappa shape index (κ1) is 34.1. The van der Waals surface area contributed by atoms with Gasteiger partial charge in [-0.3, -0.25) is 10.1 Å². The zero-order valence-corrected chi connectivity index (χ0v) is 27.6. The molecule has 0 saturated carbocycles. The molecule has 1 saturated heterocycles. The summed E-state index contributed by atoms with van der Waals surface area (Å²) in [6, 6.07) is 12.4. The van der Waals surface area contributed by atoms with Crippen molar-refractivity contribution in [1.29, 1.82) is 0 Å². The molecule has 2 heterocycles. The number of anilines is 1. The molecule has 0 unspecified atom stereocenters. The zero-order valence-electron chi connectivity index (χ0n) is 26.9. The van der Waals surface area contributed by atoms with E-state index in [1.54, 1.807) is 83.0 Å². The number of likely N-dealkylation sites (tertiary alicyclic amines) is 1. The first-order valence-corrected chi connectivity index (χ1v) is 15.3. The minimum atomic E-state index is -0.857. The number of carbonyl (C=O) groups excluding carboxylic acids is 3. The van der Waals surface area contributed by atoms with Crippen molar-refractivity contribution < 1.29 is 23.9 Å². The number of benzene rings is 2. The Balaban J connectivity index is 1.43. The van der Waals surface area contributed by atoms with Crippen LogP contribution in [-0.2, 0) is 9.47 Å². The van der Waals surface area contributed by atoms with Crippen LogP contribution in [-0.4, -0.2) is 64.3 Å². The Labute approximate surface area is 273 Å². The van der Waals surface area contributed by atoms with Gasteiger partial charge in [0, 0.05) is 52.3 Å². The van der Waals surface area contributed by atoms with Crippen molar-refractivity contribution in [1.82, 2.24) is 20.5 Å². The van der Waals surface area contributed by atoms with E-state index in [2.05, 4.69) is 32.5 Å². The number of alkyl carbamates (subject to hydrolysis) is 1. The van der Waals surface area contributed by atoms with Gasteiger partial charge in [-0.25, -0.2) is 14.6 Å². The van der Waals surface area contributed by atoms with Crippen LogP contribution in [0.3, 0.4) is 0 Å². The Morgan fingerprint density at radius 1 is 1.00 bits per heavy atom. The quantitative estimate of drug-likeness (QED) is 0.178. The summed E-state index contributed by atoms with van der Waals surface area (Å²) in [4.78, 5) is 48.2. The number of hydrogen-bond donors (Lipinski definition) is 3. The second-order valence-corrected chi connectivity index (χ2v) is 13.3. The second-order valence-electron chi connectivity index (χ2n) is 12.9. The third kappa shape index (κ3) is 9.84. The van der Waals surface area contributed by atoms with Crippen LogP contribution in [0.15, 0.2) is 53.7 Å². The van der Waals surface area contributed by atoms with Crippen LogP contribution >= 0.6 is 11.6 Å². The Morgan fingerprint density at radius 3 is 2.37 bits per heavy atom. The number of aliphatic imine (C=N–C) groups is 1. The van der Waals surface area contributed by atoms with Crippen molar-refractivity contribution in [2.75, 3.05) is 18.8 Å². The van der Waals surface area contributed by atoms with Gasteiger partial charge in [0.05, 0.1) is 5.56 Å². The standard InChI is InChI=1S/C34H39ClN6O5/c1-33(2,3)45-31(43)39-30(40-32(44)46-34(4,5)6)38-25-14-16-41(17-15-25)29(42)22-9-7-8-21(18-22)10-13-26-27-19-24(35)12-11-23(27)20-37-28(26)36/h7-9,11-12,18-20,25H,14-17H2,1-6H3,(H2,36,37)(H2,38,39,40,43,44). The largest absolute Gasteiger partial charge is 0.444 e. The minimum Gasteiger partial charge on any atom is -0.444 e. The molecule has 46 heavy (non-hydrogen) atoms. The molecule has 1 aliphatic rings. The molecule has 3 amide bonds. The van der Waals surface area contributed by atoms with Gasteiger partial charge in [0.2, 0.25) is 5.96 Å². The highest BCUT2D eigenvalue weighted by atomic mass is 35.5. The fourth-order valence-corrected chi connectivity index (χ4v) is 4.84. The number of amides is 3. The number of guanidine groups is 1. The molecular weight excluding hydrogens is 608 g/mol. The lowest BCUT2D eigenvalue weighted by molar-refractivity contribution is 0.0560. The highest BCUT2D eigenvalue weighted by molar-refractivity contribution is 6.31. The molecule has 0 bridgehead atoms. The van der Waals surface area contributed by atoms with Crippen molar-refractivity contribution in [2.45, 2.75) is 71.6 Å². The fourth-order valence-electron chi connectivity index (χ4n) is 4.67. The molecule has 1 aliphatic heterocycles. The van der Waals surface area contributed by atoms with Crippen LogP contribution in [0, 0.1) is 11.8 Å². The van der Waals surface area contributed by atoms with Gasteiger partial charge in [0.25, 0.3) is 5.91 Å². The summed E-state index contributed by atoms with van der Waals surface area (Å²) in [5.41, 5.74) is 6.35. The van der Waals surface area contributed by atoms with E-state index in [9.17, 15) is 14.4 Å². The maximum atomic E-state index is 13.4. The minimum absolute atomic E-state index is 0.0798.